The number of aliphatic hydroxyl groups is 1. The van der Waals surface area contributed by atoms with E-state index in [0.717, 1.165) is 6.42 Å². The highest BCUT2D eigenvalue weighted by molar-refractivity contribution is 5.97. The van der Waals surface area contributed by atoms with Crippen LogP contribution in [-0.2, 0) is 0 Å². The molecule has 0 saturated carbocycles. The molecule has 0 aromatic heterocycles. The Morgan fingerprint density at radius 1 is 1.62 bits per heavy atom. The minimum Gasteiger partial charge on any atom is -0.393 e. The van der Waals surface area contributed by atoms with Gasteiger partial charge in [0.15, 0.2) is 0 Å². The summed E-state index contributed by atoms with van der Waals surface area (Å²) in [5.41, 5.74) is 6.05. The first-order chi connectivity index (χ1) is 10.0. The predicted octanol–water partition coefficient (Wildman–Crippen LogP) is 0.979. The quantitative estimate of drug-likeness (QED) is 0.798. The number of carbonyl (C=O) groups excluding carboxylic acids is 1. The summed E-state index contributed by atoms with van der Waals surface area (Å²) in [6, 6.07) is 3.95. The van der Waals surface area contributed by atoms with E-state index in [2.05, 4.69) is 11.8 Å². The Morgan fingerprint density at radius 3 is 3.00 bits per heavy atom. The first-order valence-corrected chi connectivity index (χ1v) is 6.98. The van der Waals surface area contributed by atoms with Crippen molar-refractivity contribution in [1.29, 1.82) is 0 Å². The lowest BCUT2D eigenvalue weighted by Gasteiger charge is -2.18. The maximum Gasteiger partial charge on any atom is 0.255 e. The molecule has 1 aliphatic heterocycles. The van der Waals surface area contributed by atoms with Gasteiger partial charge in [-0.05, 0) is 31.5 Å². The lowest BCUT2D eigenvalue weighted by molar-refractivity contribution is 0.0762. The molecule has 21 heavy (non-hydrogen) atoms. The third-order valence-electron chi connectivity index (χ3n) is 3.73. The molecular weight excluding hydrogens is 271 g/mol. The average Bonchev–Trinajstić information content (AvgIpc) is 2.94. The van der Waals surface area contributed by atoms with E-state index in [1.165, 1.54) is 18.2 Å². The minimum atomic E-state index is -0.437. The minimum absolute atomic E-state index is 0.0907. The molecule has 1 aromatic carbocycles. The summed E-state index contributed by atoms with van der Waals surface area (Å²) in [6.07, 6.45) is 0.335. The zero-order valence-corrected chi connectivity index (χ0v) is 12.0. The van der Waals surface area contributed by atoms with Gasteiger partial charge in [0.2, 0.25) is 0 Å². The average molecular weight is 290 g/mol. The lowest BCUT2D eigenvalue weighted by atomic mass is 10.0. The van der Waals surface area contributed by atoms with Gasteiger partial charge in [-0.1, -0.05) is 11.8 Å². The molecule has 5 heteroatoms. The summed E-state index contributed by atoms with van der Waals surface area (Å²) in [4.78, 5) is 14.2. The smallest absolute Gasteiger partial charge is 0.255 e. The molecule has 1 amide bonds. The Labute approximate surface area is 123 Å². The van der Waals surface area contributed by atoms with Crippen LogP contribution in [0.4, 0.5) is 4.39 Å². The molecule has 2 atom stereocenters. The van der Waals surface area contributed by atoms with E-state index in [1.807, 2.05) is 0 Å². The molecule has 1 fully saturated rings. The van der Waals surface area contributed by atoms with Gasteiger partial charge in [0, 0.05) is 24.6 Å². The lowest BCUT2D eigenvalue weighted by Crippen LogP contribution is -2.31. The number of hydrogen-bond donors (Lipinski definition) is 2. The third kappa shape index (κ3) is 3.60. The predicted molar refractivity (Wildman–Crippen MR) is 78.0 cm³/mol. The van der Waals surface area contributed by atoms with Gasteiger partial charge >= 0.3 is 0 Å². The van der Waals surface area contributed by atoms with Crippen LogP contribution in [0.5, 0.6) is 0 Å². The van der Waals surface area contributed by atoms with Crippen molar-refractivity contribution < 1.29 is 14.3 Å². The van der Waals surface area contributed by atoms with Gasteiger partial charge in [-0.25, -0.2) is 4.39 Å². The standard InChI is InChI=1S/C16H19FN2O2/c1-11(20)13-6-8-19(10-13)16(21)15-5-4-14(17)9-12(15)3-2-7-18/h4-5,9,11,13,20H,6-8,10,18H2,1H3. The number of nitrogens with zero attached hydrogens (tertiary/aromatic N) is 1. The molecule has 112 valence electrons. The number of carbonyl (C=O) groups is 1. The van der Waals surface area contributed by atoms with Gasteiger partial charge in [-0.15, -0.1) is 0 Å². The topological polar surface area (TPSA) is 66.6 Å². The number of amides is 1. The summed E-state index contributed by atoms with van der Waals surface area (Å²) in [6.45, 7) is 2.99. The Hall–Kier alpha value is -1.90. The van der Waals surface area contributed by atoms with Crippen molar-refractivity contribution in [1.82, 2.24) is 4.90 Å². The van der Waals surface area contributed by atoms with Crippen molar-refractivity contribution in [2.24, 2.45) is 11.7 Å². The number of aliphatic hydroxyl groups excluding tert-OH is 1. The molecular formula is C16H19FN2O2. The van der Waals surface area contributed by atoms with Gasteiger partial charge in [0.25, 0.3) is 5.91 Å². The van der Waals surface area contributed by atoms with Crippen molar-refractivity contribution in [3.8, 4) is 11.8 Å². The van der Waals surface area contributed by atoms with Crippen molar-refractivity contribution in [2.45, 2.75) is 19.4 Å². The zero-order valence-electron chi connectivity index (χ0n) is 12.0. The van der Waals surface area contributed by atoms with Crippen molar-refractivity contribution in [3.05, 3.63) is 35.1 Å². The molecule has 0 bridgehead atoms. The Morgan fingerprint density at radius 2 is 2.38 bits per heavy atom. The van der Waals surface area contributed by atoms with E-state index in [4.69, 9.17) is 5.73 Å². The highest BCUT2D eigenvalue weighted by atomic mass is 19.1. The van der Waals surface area contributed by atoms with E-state index in [1.54, 1.807) is 11.8 Å². The normalized spacial score (nSPS) is 19.0. The van der Waals surface area contributed by atoms with E-state index >= 15 is 0 Å². The molecule has 2 unspecified atom stereocenters. The number of hydrogen-bond acceptors (Lipinski definition) is 3. The fourth-order valence-electron chi connectivity index (χ4n) is 2.49. The fourth-order valence-corrected chi connectivity index (χ4v) is 2.49. The highest BCUT2D eigenvalue weighted by Crippen LogP contribution is 2.22. The maximum atomic E-state index is 13.3. The zero-order chi connectivity index (χ0) is 15.4. The number of likely N-dealkylation sites (tertiary alicyclic amines) is 1. The Bertz CT molecular complexity index is 590. The molecule has 3 N–H and O–H groups in total. The van der Waals surface area contributed by atoms with Gasteiger partial charge in [0.1, 0.15) is 5.82 Å². The van der Waals surface area contributed by atoms with Crippen LogP contribution in [0, 0.1) is 23.6 Å². The van der Waals surface area contributed by atoms with Crippen LogP contribution in [0.2, 0.25) is 0 Å². The molecule has 0 spiro atoms. The fraction of sp³-hybridized carbons (Fsp3) is 0.438. The first-order valence-electron chi connectivity index (χ1n) is 6.98. The van der Waals surface area contributed by atoms with Crippen LogP contribution in [-0.4, -0.2) is 41.7 Å². The molecule has 1 heterocycles. The summed E-state index contributed by atoms with van der Waals surface area (Å²) in [5.74, 6) is 4.86. The highest BCUT2D eigenvalue weighted by Gasteiger charge is 2.30. The number of nitrogens with two attached hydrogens (primary N) is 1. The number of rotatable bonds is 2. The summed E-state index contributed by atoms with van der Waals surface area (Å²) in [7, 11) is 0. The number of halogens is 1. The maximum absolute atomic E-state index is 13.3. The first kappa shape index (κ1) is 15.5. The van der Waals surface area contributed by atoms with Crippen LogP contribution in [0.3, 0.4) is 0 Å². The molecule has 1 saturated heterocycles. The monoisotopic (exact) mass is 290 g/mol. The van der Waals surface area contributed by atoms with E-state index in [9.17, 15) is 14.3 Å². The Balaban J connectivity index is 2.23. The van der Waals surface area contributed by atoms with Gasteiger partial charge in [-0.3, -0.25) is 4.79 Å². The number of benzene rings is 1. The van der Waals surface area contributed by atoms with E-state index in [-0.39, 0.29) is 18.4 Å². The van der Waals surface area contributed by atoms with Crippen LogP contribution >= 0.6 is 0 Å². The molecule has 0 radical (unpaired) electrons. The molecule has 2 rings (SSSR count). The van der Waals surface area contributed by atoms with E-state index < -0.39 is 11.9 Å². The molecule has 1 aromatic rings. The van der Waals surface area contributed by atoms with Crippen molar-refractivity contribution in [2.75, 3.05) is 19.6 Å². The van der Waals surface area contributed by atoms with Gasteiger partial charge in [-0.2, -0.15) is 0 Å². The van der Waals surface area contributed by atoms with Crippen molar-refractivity contribution in [3.63, 3.8) is 0 Å². The molecule has 4 nitrogen and oxygen atoms in total. The summed E-state index contributed by atoms with van der Waals surface area (Å²) >= 11 is 0. The SMILES string of the molecule is CC(O)C1CCN(C(=O)c2ccc(F)cc2C#CCN)C1. The largest absolute Gasteiger partial charge is 0.393 e. The van der Waals surface area contributed by atoms with Crippen LogP contribution in [0.1, 0.15) is 29.3 Å². The molecule has 0 aliphatic carbocycles. The second-order valence-electron chi connectivity index (χ2n) is 5.24. The van der Waals surface area contributed by atoms with Crippen LogP contribution in [0.25, 0.3) is 0 Å². The van der Waals surface area contributed by atoms with E-state index in [0.29, 0.717) is 24.2 Å². The van der Waals surface area contributed by atoms with Gasteiger partial charge in [0.05, 0.1) is 18.2 Å². The van der Waals surface area contributed by atoms with Crippen LogP contribution in [0.15, 0.2) is 18.2 Å². The molecule has 1 aliphatic rings. The van der Waals surface area contributed by atoms with Gasteiger partial charge < -0.3 is 15.7 Å². The van der Waals surface area contributed by atoms with Crippen molar-refractivity contribution >= 4 is 5.91 Å². The third-order valence-corrected chi connectivity index (χ3v) is 3.73. The Kier molecular flexibility index (Phi) is 4.94. The summed E-state index contributed by atoms with van der Waals surface area (Å²) in [5, 5.41) is 9.61. The second kappa shape index (κ2) is 6.70. The van der Waals surface area contributed by atoms with Crippen LogP contribution < -0.4 is 5.73 Å². The summed E-state index contributed by atoms with van der Waals surface area (Å²) < 4.78 is 13.3. The second-order valence-corrected chi connectivity index (χ2v) is 5.24.